The molecule has 1 amide bonds. The van der Waals surface area contributed by atoms with Crippen molar-refractivity contribution in [2.45, 2.75) is 32.8 Å². The average molecular weight is 194 g/mol. The zero-order valence-electron chi connectivity index (χ0n) is 7.58. The van der Waals surface area contributed by atoms with Gasteiger partial charge in [-0.15, -0.1) is 12.4 Å². The van der Waals surface area contributed by atoms with Gasteiger partial charge in [0.15, 0.2) is 0 Å². The Morgan fingerprint density at radius 1 is 1.33 bits per heavy atom. The summed E-state index contributed by atoms with van der Waals surface area (Å²) in [5, 5.41) is 0. The van der Waals surface area contributed by atoms with Crippen LogP contribution in [0.3, 0.4) is 0 Å². The minimum atomic E-state index is -0.155. The molecule has 0 saturated carbocycles. The van der Waals surface area contributed by atoms with Gasteiger partial charge in [0.25, 0.3) is 0 Å². The maximum Gasteiger partial charge on any atom is 0.410 e. The molecule has 12 heavy (non-hydrogen) atoms. The number of hydrogen-bond acceptors (Lipinski definition) is 2. The van der Waals surface area contributed by atoms with Gasteiger partial charge in [0.05, 0.1) is 6.10 Å². The molecular formula is C8H16ClNO2. The zero-order chi connectivity index (χ0) is 8.27. The van der Waals surface area contributed by atoms with Crippen LogP contribution in [0.1, 0.15) is 26.7 Å². The molecule has 0 radical (unpaired) electrons. The van der Waals surface area contributed by atoms with Crippen molar-refractivity contribution >= 4 is 18.5 Å². The van der Waals surface area contributed by atoms with Crippen LogP contribution in [0.4, 0.5) is 4.79 Å². The van der Waals surface area contributed by atoms with E-state index in [-0.39, 0.29) is 24.6 Å². The largest absolute Gasteiger partial charge is 0.447 e. The molecule has 0 aromatic rings. The van der Waals surface area contributed by atoms with Crippen LogP contribution in [0.5, 0.6) is 0 Å². The summed E-state index contributed by atoms with van der Waals surface area (Å²) < 4.78 is 5.02. The van der Waals surface area contributed by atoms with E-state index in [0.717, 1.165) is 25.9 Å². The fourth-order valence-corrected chi connectivity index (χ4v) is 1.18. The normalized spacial score (nSPS) is 16.1. The van der Waals surface area contributed by atoms with E-state index in [1.807, 2.05) is 13.8 Å². The van der Waals surface area contributed by atoms with E-state index >= 15 is 0 Å². The average Bonchev–Trinajstić information content (AvgIpc) is 2.35. The summed E-state index contributed by atoms with van der Waals surface area (Å²) in [6, 6.07) is 0. The van der Waals surface area contributed by atoms with E-state index in [1.165, 1.54) is 0 Å². The highest BCUT2D eigenvalue weighted by molar-refractivity contribution is 5.85. The number of ether oxygens (including phenoxy) is 1. The lowest BCUT2D eigenvalue weighted by Crippen LogP contribution is -2.30. The topological polar surface area (TPSA) is 29.5 Å². The van der Waals surface area contributed by atoms with Gasteiger partial charge in [0, 0.05) is 13.1 Å². The molecule has 4 heteroatoms. The third-order valence-corrected chi connectivity index (χ3v) is 1.70. The molecule has 0 bridgehead atoms. The molecule has 0 atom stereocenters. The Morgan fingerprint density at radius 2 is 1.83 bits per heavy atom. The summed E-state index contributed by atoms with van der Waals surface area (Å²) in [4.78, 5) is 12.9. The molecule has 1 rings (SSSR count). The van der Waals surface area contributed by atoms with E-state index in [9.17, 15) is 4.79 Å². The zero-order valence-corrected chi connectivity index (χ0v) is 8.39. The molecule has 1 fully saturated rings. The van der Waals surface area contributed by atoms with Gasteiger partial charge < -0.3 is 9.64 Å². The molecule has 0 aromatic heterocycles. The standard InChI is InChI=1S/C8H15NO2.ClH/c1-7(2)11-8(10)9-5-3-4-6-9;/h7H,3-6H2,1-2H3;1H. The summed E-state index contributed by atoms with van der Waals surface area (Å²) in [5.41, 5.74) is 0. The number of nitrogens with zero attached hydrogens (tertiary/aromatic N) is 1. The lowest BCUT2D eigenvalue weighted by molar-refractivity contribution is 0.0837. The molecule has 0 aliphatic carbocycles. The third-order valence-electron chi connectivity index (χ3n) is 1.70. The highest BCUT2D eigenvalue weighted by Crippen LogP contribution is 2.09. The molecular weight excluding hydrogens is 178 g/mol. The van der Waals surface area contributed by atoms with Crippen LogP contribution >= 0.6 is 12.4 Å². The maximum atomic E-state index is 11.2. The smallest absolute Gasteiger partial charge is 0.410 e. The van der Waals surface area contributed by atoms with Gasteiger partial charge in [-0.25, -0.2) is 4.79 Å². The minimum absolute atomic E-state index is 0. The summed E-state index contributed by atoms with van der Waals surface area (Å²) in [6.45, 7) is 5.47. The highest BCUT2D eigenvalue weighted by atomic mass is 35.5. The highest BCUT2D eigenvalue weighted by Gasteiger charge is 2.19. The second-order valence-electron chi connectivity index (χ2n) is 3.13. The van der Waals surface area contributed by atoms with Gasteiger partial charge >= 0.3 is 6.09 Å². The molecule has 0 aromatic carbocycles. The second kappa shape index (κ2) is 5.25. The Balaban J connectivity index is 0.00000121. The van der Waals surface area contributed by atoms with E-state index in [0.29, 0.717) is 0 Å². The maximum absolute atomic E-state index is 11.2. The van der Waals surface area contributed by atoms with Crippen molar-refractivity contribution in [1.29, 1.82) is 0 Å². The van der Waals surface area contributed by atoms with E-state index in [4.69, 9.17) is 4.74 Å². The molecule has 1 saturated heterocycles. The monoisotopic (exact) mass is 193 g/mol. The molecule has 1 heterocycles. The fraction of sp³-hybridized carbons (Fsp3) is 0.875. The number of halogens is 1. The van der Waals surface area contributed by atoms with Crippen molar-refractivity contribution in [1.82, 2.24) is 4.90 Å². The summed E-state index contributed by atoms with van der Waals surface area (Å²) >= 11 is 0. The number of likely N-dealkylation sites (tertiary alicyclic amines) is 1. The first-order chi connectivity index (χ1) is 5.20. The van der Waals surface area contributed by atoms with Gasteiger partial charge in [-0.2, -0.15) is 0 Å². The predicted molar refractivity (Wildman–Crippen MR) is 49.7 cm³/mol. The van der Waals surface area contributed by atoms with Crippen LogP contribution in [0.15, 0.2) is 0 Å². The molecule has 1 aliphatic rings. The first kappa shape index (κ1) is 11.6. The first-order valence-electron chi connectivity index (χ1n) is 4.15. The lowest BCUT2D eigenvalue weighted by atomic mass is 10.4. The molecule has 0 N–H and O–H groups in total. The Labute approximate surface area is 79.5 Å². The number of hydrogen-bond donors (Lipinski definition) is 0. The van der Waals surface area contributed by atoms with Gasteiger partial charge in [0.1, 0.15) is 0 Å². The molecule has 1 aliphatic heterocycles. The van der Waals surface area contributed by atoms with E-state index in [1.54, 1.807) is 4.90 Å². The second-order valence-corrected chi connectivity index (χ2v) is 3.13. The number of carbonyl (C=O) groups is 1. The van der Waals surface area contributed by atoms with Crippen molar-refractivity contribution in [2.75, 3.05) is 13.1 Å². The molecule has 0 unspecified atom stereocenters. The van der Waals surface area contributed by atoms with Crippen LogP contribution in [0.25, 0.3) is 0 Å². The number of rotatable bonds is 1. The van der Waals surface area contributed by atoms with Crippen molar-refractivity contribution in [3.8, 4) is 0 Å². The summed E-state index contributed by atoms with van der Waals surface area (Å²) in [6.07, 6.45) is 2.08. The Kier molecular flexibility index (Phi) is 5.06. The number of amides is 1. The third kappa shape index (κ3) is 3.30. The Bertz CT molecular complexity index is 144. The van der Waals surface area contributed by atoms with Crippen molar-refractivity contribution in [2.24, 2.45) is 0 Å². The summed E-state index contributed by atoms with van der Waals surface area (Å²) in [5.74, 6) is 0. The molecule has 72 valence electrons. The molecule has 3 nitrogen and oxygen atoms in total. The lowest BCUT2D eigenvalue weighted by Gasteiger charge is -2.16. The van der Waals surface area contributed by atoms with E-state index < -0.39 is 0 Å². The van der Waals surface area contributed by atoms with Crippen LogP contribution in [0.2, 0.25) is 0 Å². The fourth-order valence-electron chi connectivity index (χ4n) is 1.18. The first-order valence-corrected chi connectivity index (χ1v) is 4.15. The minimum Gasteiger partial charge on any atom is -0.447 e. The predicted octanol–water partition coefficient (Wildman–Crippen LogP) is 2.05. The van der Waals surface area contributed by atoms with Crippen molar-refractivity contribution in [3.63, 3.8) is 0 Å². The van der Waals surface area contributed by atoms with Crippen molar-refractivity contribution in [3.05, 3.63) is 0 Å². The Hall–Kier alpha value is -0.440. The summed E-state index contributed by atoms with van der Waals surface area (Å²) in [7, 11) is 0. The Morgan fingerprint density at radius 3 is 2.25 bits per heavy atom. The van der Waals surface area contributed by atoms with Crippen LogP contribution in [-0.4, -0.2) is 30.2 Å². The van der Waals surface area contributed by atoms with Gasteiger partial charge in [-0.05, 0) is 26.7 Å². The van der Waals surface area contributed by atoms with Crippen LogP contribution < -0.4 is 0 Å². The number of carbonyl (C=O) groups excluding carboxylic acids is 1. The quantitative estimate of drug-likeness (QED) is 0.638. The van der Waals surface area contributed by atoms with E-state index in [2.05, 4.69) is 0 Å². The van der Waals surface area contributed by atoms with Gasteiger partial charge in [0.2, 0.25) is 0 Å². The van der Waals surface area contributed by atoms with Gasteiger partial charge in [-0.1, -0.05) is 0 Å². The van der Waals surface area contributed by atoms with Crippen LogP contribution in [-0.2, 0) is 4.74 Å². The SMILES string of the molecule is CC(C)OC(=O)N1CCCC1.Cl. The molecule has 0 spiro atoms. The van der Waals surface area contributed by atoms with Gasteiger partial charge in [-0.3, -0.25) is 0 Å². The van der Waals surface area contributed by atoms with Crippen molar-refractivity contribution < 1.29 is 9.53 Å². The van der Waals surface area contributed by atoms with Crippen LogP contribution in [0, 0.1) is 0 Å².